The molecule has 1 aromatic rings. The first-order chi connectivity index (χ1) is 11.9. The van der Waals surface area contributed by atoms with Gasteiger partial charge in [0.05, 0.1) is 24.0 Å². The molecule has 1 aromatic carbocycles. The second-order valence-electron chi connectivity index (χ2n) is 6.81. The maximum Gasteiger partial charge on any atom is 0.268 e. The van der Waals surface area contributed by atoms with E-state index in [1.54, 1.807) is 12.1 Å². The Hall–Kier alpha value is -1.60. The molecule has 1 atom stereocenters. The molecule has 1 aliphatic heterocycles. The van der Waals surface area contributed by atoms with Crippen molar-refractivity contribution in [1.29, 1.82) is 0 Å². The van der Waals surface area contributed by atoms with Crippen LogP contribution in [0.15, 0.2) is 18.2 Å². The Morgan fingerprint density at radius 1 is 1.28 bits per heavy atom. The van der Waals surface area contributed by atoms with Crippen LogP contribution in [0.2, 0.25) is 0 Å². The van der Waals surface area contributed by atoms with E-state index >= 15 is 0 Å². The molecular formula is C18H25NO5S. The molecule has 3 rings (SSSR count). The molecule has 0 saturated heterocycles. The van der Waals surface area contributed by atoms with Gasteiger partial charge in [-0.2, -0.15) is 0 Å². The van der Waals surface area contributed by atoms with Crippen LogP contribution in [0.25, 0.3) is 0 Å². The van der Waals surface area contributed by atoms with Crippen molar-refractivity contribution in [2.45, 2.75) is 57.7 Å². The molecule has 7 heteroatoms. The molecule has 1 unspecified atom stereocenters. The summed E-state index contributed by atoms with van der Waals surface area (Å²) in [5.41, 5.74) is 1.19. The van der Waals surface area contributed by atoms with Gasteiger partial charge in [-0.3, -0.25) is 4.79 Å². The van der Waals surface area contributed by atoms with Crippen LogP contribution >= 0.6 is 0 Å². The summed E-state index contributed by atoms with van der Waals surface area (Å²) in [7, 11) is -3.74. The average molecular weight is 367 g/mol. The van der Waals surface area contributed by atoms with Crippen molar-refractivity contribution in [3.63, 3.8) is 0 Å². The number of sulfonamides is 1. The molecule has 1 fully saturated rings. The maximum absolute atomic E-state index is 12.4. The minimum Gasteiger partial charge on any atom is -0.489 e. The van der Waals surface area contributed by atoms with Crippen LogP contribution < -0.4 is 9.46 Å². The minimum absolute atomic E-state index is 0.00977. The lowest BCUT2D eigenvalue weighted by Gasteiger charge is -2.21. The fraction of sp³-hybridized carbons (Fsp3) is 0.611. The van der Waals surface area contributed by atoms with Crippen molar-refractivity contribution < 1.29 is 22.7 Å². The van der Waals surface area contributed by atoms with Crippen LogP contribution in [0.1, 0.15) is 54.9 Å². The molecule has 138 valence electrons. The van der Waals surface area contributed by atoms with Gasteiger partial charge >= 0.3 is 0 Å². The molecular weight excluding hydrogens is 342 g/mol. The SMILES string of the molecule is CC1Cc2cccc(C(=O)NS(=O)(=O)CCOC3CCCCC3)c2O1. The molecule has 0 aromatic heterocycles. The number of hydrogen-bond donors (Lipinski definition) is 1. The first kappa shape index (κ1) is 18.2. The number of carbonyl (C=O) groups is 1. The Kier molecular flexibility index (Phi) is 5.64. The fourth-order valence-electron chi connectivity index (χ4n) is 3.42. The molecule has 1 amide bonds. The van der Waals surface area contributed by atoms with Crippen LogP contribution in [0.5, 0.6) is 5.75 Å². The van der Waals surface area contributed by atoms with Gasteiger partial charge in [0.15, 0.2) is 0 Å². The van der Waals surface area contributed by atoms with E-state index in [-0.39, 0.29) is 30.1 Å². The number of amides is 1. The van der Waals surface area contributed by atoms with E-state index in [1.807, 2.05) is 13.0 Å². The lowest BCUT2D eigenvalue weighted by Crippen LogP contribution is -2.34. The largest absolute Gasteiger partial charge is 0.489 e. The van der Waals surface area contributed by atoms with Crippen molar-refractivity contribution in [3.8, 4) is 5.75 Å². The third kappa shape index (κ3) is 4.73. The predicted molar refractivity (Wildman–Crippen MR) is 94.3 cm³/mol. The summed E-state index contributed by atoms with van der Waals surface area (Å²) in [6.45, 7) is 2.02. The van der Waals surface area contributed by atoms with Crippen LogP contribution in [-0.4, -0.2) is 38.9 Å². The molecule has 0 bridgehead atoms. The summed E-state index contributed by atoms with van der Waals surface area (Å²) >= 11 is 0. The second-order valence-corrected chi connectivity index (χ2v) is 8.65. The van der Waals surface area contributed by atoms with E-state index in [1.165, 1.54) is 6.42 Å². The number of hydrogen-bond acceptors (Lipinski definition) is 5. The normalized spacial score (nSPS) is 20.8. The fourth-order valence-corrected chi connectivity index (χ4v) is 4.23. The zero-order chi connectivity index (χ0) is 17.9. The van der Waals surface area contributed by atoms with Gasteiger partial charge in [-0.05, 0) is 31.4 Å². The van der Waals surface area contributed by atoms with Crippen LogP contribution in [0.4, 0.5) is 0 Å². The molecule has 1 saturated carbocycles. The topological polar surface area (TPSA) is 81.7 Å². The van der Waals surface area contributed by atoms with Crippen molar-refractivity contribution in [1.82, 2.24) is 4.72 Å². The van der Waals surface area contributed by atoms with Gasteiger partial charge < -0.3 is 9.47 Å². The number of benzene rings is 1. The van der Waals surface area contributed by atoms with Crippen LogP contribution in [-0.2, 0) is 21.2 Å². The summed E-state index contributed by atoms with van der Waals surface area (Å²) in [6, 6.07) is 5.22. The average Bonchev–Trinajstić information content (AvgIpc) is 2.95. The predicted octanol–water partition coefficient (Wildman–Crippen LogP) is 2.42. The number of nitrogens with one attached hydrogen (secondary N) is 1. The highest BCUT2D eigenvalue weighted by Crippen LogP contribution is 2.32. The standard InChI is InChI=1S/C18H25NO5S/c1-13-12-14-6-5-9-16(17(14)24-13)18(20)19-25(21,22)11-10-23-15-7-3-2-4-8-15/h5-6,9,13,15H,2-4,7-8,10-12H2,1H3,(H,19,20). The van der Waals surface area contributed by atoms with Gasteiger partial charge in [0, 0.05) is 6.42 Å². The van der Waals surface area contributed by atoms with Crippen molar-refractivity contribution in [2.75, 3.05) is 12.4 Å². The van der Waals surface area contributed by atoms with Crippen molar-refractivity contribution in [3.05, 3.63) is 29.3 Å². The number of para-hydroxylation sites is 1. The Bertz CT molecular complexity index is 725. The smallest absolute Gasteiger partial charge is 0.268 e. The maximum atomic E-state index is 12.4. The third-order valence-corrected chi connectivity index (χ3v) is 5.87. The van der Waals surface area contributed by atoms with Gasteiger partial charge in [0.2, 0.25) is 10.0 Å². The molecule has 6 nitrogen and oxygen atoms in total. The second kappa shape index (κ2) is 7.74. The van der Waals surface area contributed by atoms with E-state index in [9.17, 15) is 13.2 Å². The van der Waals surface area contributed by atoms with Crippen LogP contribution in [0, 0.1) is 0 Å². The zero-order valence-electron chi connectivity index (χ0n) is 14.5. The number of rotatable bonds is 6. The van der Waals surface area contributed by atoms with Gasteiger partial charge in [-0.15, -0.1) is 0 Å². The first-order valence-corrected chi connectivity index (χ1v) is 10.5. The van der Waals surface area contributed by atoms with Gasteiger partial charge in [0.1, 0.15) is 11.9 Å². The molecule has 25 heavy (non-hydrogen) atoms. The summed E-state index contributed by atoms with van der Waals surface area (Å²) < 4.78 is 37.8. The Labute approximate surface area is 148 Å². The van der Waals surface area contributed by atoms with Crippen molar-refractivity contribution >= 4 is 15.9 Å². The first-order valence-electron chi connectivity index (χ1n) is 8.89. The summed E-state index contributed by atoms with van der Waals surface area (Å²) in [5, 5.41) is 0. The van der Waals surface area contributed by atoms with Crippen LogP contribution in [0.3, 0.4) is 0 Å². The van der Waals surface area contributed by atoms with E-state index < -0.39 is 15.9 Å². The number of ether oxygens (including phenoxy) is 2. The highest BCUT2D eigenvalue weighted by molar-refractivity contribution is 7.90. The summed E-state index contributed by atoms with van der Waals surface area (Å²) in [6.07, 6.45) is 6.30. The van der Waals surface area contributed by atoms with Crippen molar-refractivity contribution in [2.24, 2.45) is 0 Å². The third-order valence-electron chi connectivity index (χ3n) is 4.67. The molecule has 1 N–H and O–H groups in total. The van der Waals surface area contributed by atoms with Gasteiger partial charge in [-0.1, -0.05) is 31.4 Å². The Morgan fingerprint density at radius 3 is 2.80 bits per heavy atom. The summed E-state index contributed by atoms with van der Waals surface area (Å²) in [4.78, 5) is 12.4. The molecule has 0 radical (unpaired) electrons. The molecule has 2 aliphatic rings. The quantitative estimate of drug-likeness (QED) is 0.835. The highest BCUT2D eigenvalue weighted by Gasteiger charge is 2.27. The van der Waals surface area contributed by atoms with E-state index in [0.29, 0.717) is 5.75 Å². The Morgan fingerprint density at radius 2 is 2.04 bits per heavy atom. The van der Waals surface area contributed by atoms with E-state index in [0.717, 1.165) is 37.7 Å². The minimum atomic E-state index is -3.74. The van der Waals surface area contributed by atoms with Gasteiger partial charge in [-0.25, -0.2) is 13.1 Å². The lowest BCUT2D eigenvalue weighted by molar-refractivity contribution is 0.0379. The van der Waals surface area contributed by atoms with Gasteiger partial charge in [0.25, 0.3) is 5.91 Å². The number of fused-ring (bicyclic) bond motifs is 1. The highest BCUT2D eigenvalue weighted by atomic mass is 32.2. The van der Waals surface area contributed by atoms with E-state index in [2.05, 4.69) is 4.72 Å². The Balaban J connectivity index is 1.56. The monoisotopic (exact) mass is 367 g/mol. The number of carbonyl (C=O) groups excluding carboxylic acids is 1. The summed E-state index contributed by atoms with van der Waals surface area (Å²) in [5.74, 6) is -0.383. The molecule has 1 heterocycles. The van der Waals surface area contributed by atoms with E-state index in [4.69, 9.17) is 9.47 Å². The lowest BCUT2D eigenvalue weighted by atomic mass is 9.98. The zero-order valence-corrected chi connectivity index (χ0v) is 15.3. The molecule has 1 aliphatic carbocycles. The molecule has 0 spiro atoms.